The van der Waals surface area contributed by atoms with E-state index in [1.165, 1.54) is 13.2 Å². The molecule has 198 valence electrons. The molecule has 0 aromatic heterocycles. The number of methoxy groups -OCH3 is 1. The van der Waals surface area contributed by atoms with E-state index >= 15 is 0 Å². The van der Waals surface area contributed by atoms with Crippen LogP contribution in [0.5, 0.6) is 5.75 Å². The zero-order valence-electron chi connectivity index (χ0n) is 21.9. The van der Waals surface area contributed by atoms with E-state index in [1.54, 1.807) is 17.0 Å². The predicted octanol–water partition coefficient (Wildman–Crippen LogP) is 5.29. The SMILES string of the molecule is COc1ccc(C(=O)CCCCCN(CCc2ccccc2)C(=O)OC(C)(C)C)cc1NS(C)(=O)=O. The molecule has 0 spiro atoms. The van der Waals surface area contributed by atoms with E-state index in [-0.39, 0.29) is 17.6 Å². The molecule has 0 atom stereocenters. The third-order valence-corrected chi connectivity index (χ3v) is 5.90. The molecule has 0 unspecified atom stereocenters. The highest BCUT2D eigenvalue weighted by Gasteiger charge is 2.22. The van der Waals surface area contributed by atoms with Crippen molar-refractivity contribution in [1.29, 1.82) is 0 Å². The molecular formula is C27H38N2O6S. The first-order valence-corrected chi connectivity index (χ1v) is 14.0. The molecule has 0 fully saturated rings. The van der Waals surface area contributed by atoms with Gasteiger partial charge in [-0.2, -0.15) is 0 Å². The van der Waals surface area contributed by atoms with Gasteiger partial charge in [-0.15, -0.1) is 0 Å². The zero-order valence-corrected chi connectivity index (χ0v) is 22.7. The number of rotatable bonds is 13. The maximum absolute atomic E-state index is 12.7. The van der Waals surface area contributed by atoms with E-state index in [0.717, 1.165) is 31.1 Å². The Kier molecular flexibility index (Phi) is 10.8. The van der Waals surface area contributed by atoms with Gasteiger partial charge in [0.2, 0.25) is 10.0 Å². The van der Waals surface area contributed by atoms with Gasteiger partial charge < -0.3 is 14.4 Å². The fourth-order valence-corrected chi connectivity index (χ4v) is 4.16. The lowest BCUT2D eigenvalue weighted by atomic mass is 10.0. The molecule has 0 saturated heterocycles. The molecule has 0 heterocycles. The number of sulfonamides is 1. The molecule has 1 N–H and O–H groups in total. The smallest absolute Gasteiger partial charge is 0.410 e. The highest BCUT2D eigenvalue weighted by Crippen LogP contribution is 2.27. The average Bonchev–Trinajstić information content (AvgIpc) is 2.79. The molecular weight excluding hydrogens is 480 g/mol. The van der Waals surface area contributed by atoms with Crippen LogP contribution in [0.2, 0.25) is 0 Å². The van der Waals surface area contributed by atoms with Crippen LogP contribution in [-0.2, 0) is 21.2 Å². The number of benzene rings is 2. The van der Waals surface area contributed by atoms with Gasteiger partial charge in [-0.05, 0) is 63.8 Å². The monoisotopic (exact) mass is 518 g/mol. The van der Waals surface area contributed by atoms with Crippen molar-refractivity contribution in [2.24, 2.45) is 0 Å². The van der Waals surface area contributed by atoms with E-state index in [4.69, 9.17) is 9.47 Å². The van der Waals surface area contributed by atoms with E-state index in [9.17, 15) is 18.0 Å². The first-order valence-electron chi connectivity index (χ1n) is 12.1. The predicted molar refractivity (Wildman–Crippen MR) is 142 cm³/mol. The van der Waals surface area contributed by atoms with Crippen molar-refractivity contribution < 1.29 is 27.5 Å². The van der Waals surface area contributed by atoms with E-state index in [0.29, 0.717) is 37.2 Å². The standard InChI is InChI=1S/C27H38N2O6S/c1-27(2,3)35-26(31)29(19-17-21-12-8-6-9-13-21)18-11-7-10-14-24(30)22-15-16-25(34-4)23(20-22)28-36(5,32)33/h6,8-9,12-13,15-16,20,28H,7,10-11,14,17-19H2,1-5H3. The number of unbranched alkanes of at least 4 members (excludes halogenated alkanes) is 2. The van der Waals surface area contributed by atoms with Crippen molar-refractivity contribution in [3.8, 4) is 5.75 Å². The number of ether oxygens (including phenoxy) is 2. The number of nitrogens with zero attached hydrogens (tertiary/aromatic N) is 1. The molecule has 0 saturated carbocycles. The summed E-state index contributed by atoms with van der Waals surface area (Å²) in [6.07, 6.45) is 3.92. The largest absolute Gasteiger partial charge is 0.495 e. The fourth-order valence-electron chi connectivity index (χ4n) is 3.60. The molecule has 8 nitrogen and oxygen atoms in total. The van der Waals surface area contributed by atoms with Crippen molar-refractivity contribution in [3.63, 3.8) is 0 Å². The minimum atomic E-state index is -3.51. The van der Waals surface area contributed by atoms with E-state index < -0.39 is 15.6 Å². The number of Topliss-reactive ketones (excluding diaryl/α,β-unsaturated/α-hetero) is 1. The number of carbonyl (C=O) groups excluding carboxylic acids is 2. The number of hydrogen-bond donors (Lipinski definition) is 1. The molecule has 9 heteroatoms. The van der Waals surface area contributed by atoms with Crippen LogP contribution in [0.25, 0.3) is 0 Å². The summed E-state index contributed by atoms with van der Waals surface area (Å²) in [4.78, 5) is 27.1. The molecule has 0 bridgehead atoms. The van der Waals surface area contributed by atoms with Gasteiger partial charge >= 0.3 is 6.09 Å². The van der Waals surface area contributed by atoms with Crippen LogP contribution in [0.4, 0.5) is 10.5 Å². The zero-order chi connectivity index (χ0) is 26.8. The summed E-state index contributed by atoms with van der Waals surface area (Å²) in [6, 6.07) is 14.7. The lowest BCUT2D eigenvalue weighted by Gasteiger charge is -2.27. The van der Waals surface area contributed by atoms with Gasteiger partial charge in [-0.25, -0.2) is 13.2 Å². The molecule has 0 aliphatic carbocycles. The Labute approximate surface area is 215 Å². The molecule has 0 aliphatic rings. The van der Waals surface area contributed by atoms with Gasteiger partial charge in [0.1, 0.15) is 11.4 Å². The van der Waals surface area contributed by atoms with E-state index in [2.05, 4.69) is 4.72 Å². The Morgan fingerprint density at radius 2 is 1.67 bits per heavy atom. The fraction of sp³-hybridized carbons (Fsp3) is 0.481. The van der Waals surface area contributed by atoms with Crippen LogP contribution in [0.3, 0.4) is 0 Å². The van der Waals surface area contributed by atoms with Gasteiger partial charge in [-0.3, -0.25) is 9.52 Å². The average molecular weight is 519 g/mol. The highest BCUT2D eigenvalue weighted by molar-refractivity contribution is 7.92. The molecule has 36 heavy (non-hydrogen) atoms. The summed E-state index contributed by atoms with van der Waals surface area (Å²) in [5.41, 5.74) is 1.23. The maximum Gasteiger partial charge on any atom is 0.410 e. The van der Waals surface area contributed by atoms with Gasteiger partial charge in [0.05, 0.1) is 19.1 Å². The summed E-state index contributed by atoms with van der Waals surface area (Å²) in [5.74, 6) is 0.261. The third-order valence-electron chi connectivity index (χ3n) is 5.31. The normalized spacial score (nSPS) is 11.6. The molecule has 1 amide bonds. The summed E-state index contributed by atoms with van der Waals surface area (Å²) < 4.78 is 36.4. The summed E-state index contributed by atoms with van der Waals surface area (Å²) >= 11 is 0. The van der Waals surface area contributed by atoms with Crippen LogP contribution in [0.15, 0.2) is 48.5 Å². The number of ketones is 1. The van der Waals surface area contributed by atoms with Crippen molar-refractivity contribution in [1.82, 2.24) is 4.90 Å². The van der Waals surface area contributed by atoms with Gasteiger partial charge in [0.15, 0.2) is 5.78 Å². The minimum Gasteiger partial charge on any atom is -0.495 e. The lowest BCUT2D eigenvalue weighted by Crippen LogP contribution is -2.38. The third kappa shape index (κ3) is 10.7. The summed E-state index contributed by atoms with van der Waals surface area (Å²) in [6.45, 7) is 6.65. The molecule has 2 aromatic rings. The molecule has 2 rings (SSSR count). The number of hydrogen-bond acceptors (Lipinski definition) is 6. The van der Waals surface area contributed by atoms with Gasteiger partial charge in [0, 0.05) is 25.1 Å². The van der Waals surface area contributed by atoms with Crippen molar-refractivity contribution >= 4 is 27.6 Å². The second-order valence-corrected chi connectivity index (χ2v) is 11.5. The van der Waals surface area contributed by atoms with Gasteiger partial charge in [-0.1, -0.05) is 36.8 Å². The number of nitrogens with one attached hydrogen (secondary N) is 1. The summed E-state index contributed by atoms with van der Waals surface area (Å²) in [7, 11) is -2.07. The van der Waals surface area contributed by atoms with Crippen LogP contribution in [-0.4, -0.2) is 57.3 Å². The maximum atomic E-state index is 12.7. The Morgan fingerprint density at radius 1 is 0.972 bits per heavy atom. The first kappa shape index (κ1) is 29.2. The highest BCUT2D eigenvalue weighted by atomic mass is 32.2. The topological polar surface area (TPSA) is 102 Å². The molecule has 2 aromatic carbocycles. The molecule has 0 radical (unpaired) electrons. The Balaban J connectivity index is 1.89. The van der Waals surface area contributed by atoms with Crippen LogP contribution < -0.4 is 9.46 Å². The number of carbonyl (C=O) groups is 2. The van der Waals surface area contributed by atoms with Crippen LogP contribution in [0.1, 0.15) is 62.4 Å². The number of amides is 1. The summed E-state index contributed by atoms with van der Waals surface area (Å²) in [5, 5.41) is 0. The van der Waals surface area contributed by atoms with Gasteiger partial charge in [0.25, 0.3) is 0 Å². The van der Waals surface area contributed by atoms with Crippen molar-refractivity contribution in [2.75, 3.05) is 31.2 Å². The van der Waals surface area contributed by atoms with Crippen LogP contribution >= 0.6 is 0 Å². The Morgan fingerprint density at radius 3 is 2.28 bits per heavy atom. The quantitative estimate of drug-likeness (QED) is 0.286. The number of anilines is 1. The first-order chi connectivity index (χ1) is 16.9. The second kappa shape index (κ2) is 13.3. The second-order valence-electron chi connectivity index (χ2n) is 9.73. The molecule has 0 aliphatic heterocycles. The Bertz CT molecular complexity index is 1110. The van der Waals surface area contributed by atoms with Crippen molar-refractivity contribution in [2.45, 2.75) is 58.5 Å². The van der Waals surface area contributed by atoms with Crippen molar-refractivity contribution in [3.05, 3.63) is 59.7 Å². The van der Waals surface area contributed by atoms with E-state index in [1.807, 2.05) is 51.1 Å². The Hall–Kier alpha value is -3.07. The minimum absolute atomic E-state index is 0.0812. The lowest BCUT2D eigenvalue weighted by molar-refractivity contribution is 0.0248. The van der Waals surface area contributed by atoms with Crippen LogP contribution in [0, 0.1) is 0 Å².